The van der Waals surface area contributed by atoms with Gasteiger partial charge in [0.05, 0.1) is 66.0 Å². The number of nitrogens with one attached hydrogen (secondary N) is 1. The molecule has 0 unspecified atom stereocenters. The lowest BCUT2D eigenvalue weighted by atomic mass is 9.96. The number of methoxy groups -OCH3 is 1. The van der Waals surface area contributed by atoms with E-state index in [-0.39, 0.29) is 24.4 Å². The largest absolute Gasteiger partial charge is 0.494 e. The maximum atomic E-state index is 14.3. The summed E-state index contributed by atoms with van der Waals surface area (Å²) in [6, 6.07) is 5.95. The lowest BCUT2D eigenvalue weighted by molar-refractivity contribution is -0.0141. The molecule has 3 saturated heterocycles. The van der Waals surface area contributed by atoms with Gasteiger partial charge in [-0.2, -0.15) is 4.36 Å². The second kappa shape index (κ2) is 11.0. The molecule has 0 bridgehead atoms. The minimum absolute atomic E-state index is 0.155. The van der Waals surface area contributed by atoms with Crippen molar-refractivity contribution in [3.05, 3.63) is 46.8 Å². The maximum Gasteiger partial charge on any atom is 0.419 e. The number of aryl methyl sites for hydroxylation is 1. The molecule has 6 rings (SSSR count). The molecule has 216 valence electrons. The molecule has 3 atom stereocenters. The molecule has 4 heterocycles. The lowest BCUT2D eigenvalue weighted by Crippen LogP contribution is -2.40. The third kappa shape index (κ3) is 5.05. The molecule has 3 aliphatic rings. The fraction of sp³-hybridized carbons (Fsp3) is 0.464. The first kappa shape index (κ1) is 27.6. The summed E-state index contributed by atoms with van der Waals surface area (Å²) in [6.07, 6.45) is 1.89. The van der Waals surface area contributed by atoms with Gasteiger partial charge in [0.15, 0.2) is 6.10 Å². The van der Waals surface area contributed by atoms with Crippen LogP contribution in [0.1, 0.15) is 12.0 Å². The third-order valence-electron chi connectivity index (χ3n) is 7.76. The zero-order chi connectivity index (χ0) is 28.6. The van der Waals surface area contributed by atoms with Crippen molar-refractivity contribution in [2.45, 2.75) is 25.2 Å². The van der Waals surface area contributed by atoms with E-state index >= 15 is 0 Å². The molecule has 0 aliphatic carbocycles. The monoisotopic (exact) mass is 584 g/mol. The van der Waals surface area contributed by atoms with Crippen molar-refractivity contribution in [3.63, 3.8) is 0 Å². The van der Waals surface area contributed by atoms with Gasteiger partial charge in [-0.15, -0.1) is 0 Å². The van der Waals surface area contributed by atoms with Gasteiger partial charge in [-0.25, -0.2) is 18.6 Å². The first-order valence-electron chi connectivity index (χ1n) is 13.4. The van der Waals surface area contributed by atoms with Crippen molar-refractivity contribution >= 4 is 37.8 Å². The molecule has 3 aromatic rings. The highest BCUT2D eigenvalue weighted by Crippen LogP contribution is 2.44. The predicted octanol–water partition coefficient (Wildman–Crippen LogP) is 4.43. The summed E-state index contributed by atoms with van der Waals surface area (Å²) in [5.41, 5.74) is 1.29. The maximum absolute atomic E-state index is 14.3. The molecule has 0 spiro atoms. The highest BCUT2D eigenvalue weighted by atomic mass is 32.2. The number of benzene rings is 2. The SMILES string of the molecule is C#[N+][C@]12OCC[C@H]1OC[C@H]2COc1cc(F)ccc1Nc1ncnc2cc(N=S3(=O)CCOCC3)c(OC)c(C)c12. The van der Waals surface area contributed by atoms with E-state index in [1.807, 2.05) is 6.92 Å². The minimum Gasteiger partial charge on any atom is -0.494 e. The summed E-state index contributed by atoms with van der Waals surface area (Å²) in [7, 11) is -0.938. The fourth-order valence-corrected chi connectivity index (χ4v) is 7.28. The number of hydrogen-bond donors (Lipinski definition) is 1. The Bertz CT molecular complexity index is 1640. The average Bonchev–Trinajstić information content (AvgIpc) is 3.53. The molecule has 11 nitrogen and oxygen atoms in total. The number of nitrogens with zero attached hydrogens (tertiary/aromatic N) is 4. The fourth-order valence-electron chi connectivity index (χ4n) is 5.65. The Labute approximate surface area is 237 Å². The van der Waals surface area contributed by atoms with Crippen LogP contribution < -0.4 is 14.8 Å². The van der Waals surface area contributed by atoms with Crippen molar-refractivity contribution in [2.24, 2.45) is 10.3 Å². The van der Waals surface area contributed by atoms with Crippen molar-refractivity contribution in [3.8, 4) is 18.1 Å². The van der Waals surface area contributed by atoms with Crippen LogP contribution in [-0.4, -0.2) is 77.7 Å². The van der Waals surface area contributed by atoms with Crippen LogP contribution in [0.3, 0.4) is 0 Å². The normalized spacial score (nSPS) is 24.9. The summed E-state index contributed by atoms with van der Waals surface area (Å²) >= 11 is 0. The Morgan fingerprint density at radius 2 is 2.10 bits per heavy atom. The number of anilines is 2. The molecule has 41 heavy (non-hydrogen) atoms. The highest BCUT2D eigenvalue weighted by molar-refractivity contribution is 7.93. The number of hydrogen-bond acceptors (Lipinski definition) is 10. The van der Waals surface area contributed by atoms with E-state index in [0.717, 1.165) is 0 Å². The molecular formula is C28H31FN5O6S+. The van der Waals surface area contributed by atoms with Gasteiger partial charge in [-0.05, 0) is 30.0 Å². The Balaban J connectivity index is 1.33. The zero-order valence-corrected chi connectivity index (χ0v) is 23.6. The molecule has 2 aromatic carbocycles. The molecule has 0 saturated carbocycles. The zero-order valence-electron chi connectivity index (χ0n) is 22.8. The predicted molar refractivity (Wildman–Crippen MR) is 152 cm³/mol. The Morgan fingerprint density at radius 1 is 1.27 bits per heavy atom. The van der Waals surface area contributed by atoms with Gasteiger partial charge in [0.2, 0.25) is 0 Å². The molecule has 3 aliphatic heterocycles. The van der Waals surface area contributed by atoms with Gasteiger partial charge in [0.1, 0.15) is 47.7 Å². The van der Waals surface area contributed by atoms with E-state index in [4.69, 9.17) is 30.3 Å². The van der Waals surface area contributed by atoms with Crippen molar-refractivity contribution in [2.75, 3.05) is 57.0 Å². The molecule has 1 aromatic heterocycles. The lowest BCUT2D eigenvalue weighted by Gasteiger charge is -2.20. The summed E-state index contributed by atoms with van der Waals surface area (Å²) in [5, 5.41) is 3.95. The Kier molecular flexibility index (Phi) is 7.41. The first-order chi connectivity index (χ1) is 19.9. The van der Waals surface area contributed by atoms with E-state index in [9.17, 15) is 8.60 Å². The van der Waals surface area contributed by atoms with E-state index in [1.165, 1.54) is 18.5 Å². The molecule has 0 amide bonds. The van der Waals surface area contributed by atoms with Crippen molar-refractivity contribution < 1.29 is 32.3 Å². The quantitative estimate of drug-likeness (QED) is 0.430. The smallest absolute Gasteiger partial charge is 0.419 e. The average molecular weight is 585 g/mol. The summed E-state index contributed by atoms with van der Waals surface area (Å²) < 4.78 is 61.1. The minimum atomic E-state index is -2.48. The van der Waals surface area contributed by atoms with Gasteiger partial charge in [-0.1, -0.05) is 0 Å². The van der Waals surface area contributed by atoms with Gasteiger partial charge in [0, 0.05) is 23.4 Å². The van der Waals surface area contributed by atoms with E-state index < -0.39 is 21.3 Å². The Hall–Kier alpha value is -3.57. The van der Waals surface area contributed by atoms with Gasteiger partial charge in [-0.3, -0.25) is 0 Å². The standard InChI is InChI=1S/C28H31FN5O6S/c1-17-25-21(13-22(26(17)36-3)34-41(35)10-8-37-9-11-41)31-16-32-27(25)33-20-5-4-19(29)12-23(20)38-14-18-15-39-24-6-7-40-28(18,24)30-2/h2,4-5,12-13,16,18,24H,6-11,14-15H2,1,3H3,(H,31,32,33)/q+1/t18-,24-,28-/m1/s1. The van der Waals surface area contributed by atoms with Gasteiger partial charge in [0.25, 0.3) is 6.57 Å². The van der Waals surface area contributed by atoms with Gasteiger partial charge >= 0.3 is 5.72 Å². The van der Waals surface area contributed by atoms with Crippen LogP contribution in [0.5, 0.6) is 11.5 Å². The topological polar surface area (TPSA) is 118 Å². The van der Waals surface area contributed by atoms with Crippen LogP contribution in [0.25, 0.3) is 15.7 Å². The van der Waals surface area contributed by atoms with Crippen molar-refractivity contribution in [1.82, 2.24) is 9.97 Å². The number of halogens is 1. The number of fused-ring (bicyclic) bond motifs is 2. The number of ether oxygens (including phenoxy) is 5. The molecule has 1 N–H and O–H groups in total. The number of rotatable bonds is 7. The third-order valence-corrected chi connectivity index (χ3v) is 9.90. The van der Waals surface area contributed by atoms with Crippen molar-refractivity contribution in [1.29, 1.82) is 0 Å². The van der Waals surface area contributed by atoms with Crippen LogP contribution in [-0.2, 0) is 23.9 Å². The Morgan fingerprint density at radius 3 is 2.88 bits per heavy atom. The van der Waals surface area contributed by atoms with E-state index in [2.05, 4.69) is 24.5 Å². The second-order valence-corrected chi connectivity index (χ2v) is 12.7. The molecular weight excluding hydrogens is 553 g/mol. The molecule has 3 fully saturated rings. The van der Waals surface area contributed by atoms with Crippen LogP contribution in [0.2, 0.25) is 0 Å². The van der Waals surface area contributed by atoms with E-state index in [1.54, 1.807) is 19.2 Å². The first-order valence-corrected chi connectivity index (χ1v) is 15.2. The van der Waals surface area contributed by atoms with Crippen LogP contribution in [0.4, 0.5) is 21.6 Å². The van der Waals surface area contributed by atoms with Gasteiger partial charge < -0.3 is 29.0 Å². The number of aromatic nitrogens is 2. The van der Waals surface area contributed by atoms with E-state index in [0.29, 0.717) is 83.8 Å². The second-order valence-electron chi connectivity index (χ2n) is 10.2. The van der Waals surface area contributed by atoms with Crippen LogP contribution >= 0.6 is 0 Å². The summed E-state index contributed by atoms with van der Waals surface area (Å²) in [6.45, 7) is 9.41. The highest BCUT2D eigenvalue weighted by Gasteiger charge is 2.66. The summed E-state index contributed by atoms with van der Waals surface area (Å²) in [5.74, 6) is 1.21. The van der Waals surface area contributed by atoms with Crippen LogP contribution in [0.15, 0.2) is 35.0 Å². The molecule has 0 radical (unpaired) electrons. The van der Waals surface area contributed by atoms with Crippen LogP contribution in [0, 0.1) is 25.2 Å². The molecule has 13 heteroatoms. The summed E-state index contributed by atoms with van der Waals surface area (Å²) in [4.78, 5) is 12.9.